The van der Waals surface area contributed by atoms with E-state index in [2.05, 4.69) is 5.32 Å². The maximum atomic E-state index is 12.6. The van der Waals surface area contributed by atoms with Crippen LogP contribution < -0.4 is 14.8 Å². The van der Waals surface area contributed by atoms with Gasteiger partial charge in [0, 0.05) is 5.69 Å². The van der Waals surface area contributed by atoms with Gasteiger partial charge in [-0.2, -0.15) is 0 Å². The van der Waals surface area contributed by atoms with Gasteiger partial charge >= 0.3 is 5.97 Å². The summed E-state index contributed by atoms with van der Waals surface area (Å²) >= 11 is 2.78. The molecular formula is C24H23IN2O7S. The molecule has 1 N–H and O–H groups in total. The number of carbonyl (C=O) groups excluding carboxylic acids is 4. The van der Waals surface area contributed by atoms with Crippen LogP contribution in [0, 0.1) is 10.5 Å². The minimum atomic E-state index is -0.653. The summed E-state index contributed by atoms with van der Waals surface area (Å²) in [7, 11) is 1.46. The molecule has 0 bridgehead atoms. The molecule has 2 aromatic carbocycles. The van der Waals surface area contributed by atoms with Crippen molar-refractivity contribution in [3.05, 3.63) is 56.0 Å². The number of halogens is 1. The number of hydrogen-bond donors (Lipinski definition) is 1. The zero-order chi connectivity index (χ0) is 25.5. The van der Waals surface area contributed by atoms with Crippen LogP contribution in [0.4, 0.5) is 10.5 Å². The summed E-state index contributed by atoms with van der Waals surface area (Å²) in [4.78, 5) is 49.9. The van der Waals surface area contributed by atoms with E-state index in [1.165, 1.54) is 13.2 Å². The van der Waals surface area contributed by atoms with Crippen LogP contribution in [0.25, 0.3) is 6.08 Å². The number of anilines is 1. The van der Waals surface area contributed by atoms with Crippen molar-refractivity contribution in [2.24, 2.45) is 0 Å². The lowest BCUT2D eigenvalue weighted by Gasteiger charge is -2.14. The highest BCUT2D eigenvalue weighted by Crippen LogP contribution is 2.37. The molecule has 0 aliphatic carbocycles. The number of nitrogens with one attached hydrogen (secondary N) is 1. The van der Waals surface area contributed by atoms with Crippen LogP contribution in [-0.4, -0.2) is 54.8 Å². The first-order valence-corrected chi connectivity index (χ1v) is 12.4. The molecule has 3 amide bonds. The highest BCUT2D eigenvalue weighted by atomic mass is 127. The van der Waals surface area contributed by atoms with Gasteiger partial charge in [-0.1, -0.05) is 12.1 Å². The van der Waals surface area contributed by atoms with E-state index in [9.17, 15) is 19.2 Å². The van der Waals surface area contributed by atoms with Gasteiger partial charge in [0.25, 0.3) is 17.1 Å². The molecule has 11 heteroatoms. The van der Waals surface area contributed by atoms with Gasteiger partial charge in [0.1, 0.15) is 6.54 Å². The lowest BCUT2D eigenvalue weighted by atomic mass is 10.2. The van der Waals surface area contributed by atoms with Gasteiger partial charge in [-0.25, -0.2) is 0 Å². The average molecular weight is 610 g/mol. The second kappa shape index (κ2) is 12.1. The summed E-state index contributed by atoms with van der Waals surface area (Å²) < 4.78 is 16.6. The number of thioether (sulfide) groups is 1. The van der Waals surface area contributed by atoms with E-state index in [1.807, 2.05) is 47.7 Å². The van der Waals surface area contributed by atoms with Crippen molar-refractivity contribution >= 4 is 69.1 Å². The molecule has 1 aliphatic heterocycles. The smallest absolute Gasteiger partial charge is 0.326 e. The molecule has 2 aromatic rings. The Hall–Kier alpha value is -3.06. The minimum Gasteiger partial charge on any atom is -0.493 e. The fourth-order valence-corrected chi connectivity index (χ4v) is 4.76. The van der Waals surface area contributed by atoms with Crippen molar-refractivity contribution in [3.63, 3.8) is 0 Å². The van der Waals surface area contributed by atoms with E-state index in [0.717, 1.165) is 22.2 Å². The third kappa shape index (κ3) is 6.98. The molecule has 1 saturated heterocycles. The predicted molar refractivity (Wildman–Crippen MR) is 140 cm³/mol. The Morgan fingerprint density at radius 1 is 1.20 bits per heavy atom. The largest absolute Gasteiger partial charge is 0.493 e. The van der Waals surface area contributed by atoms with Crippen molar-refractivity contribution in [2.75, 3.05) is 32.2 Å². The molecular weight excluding hydrogens is 587 g/mol. The van der Waals surface area contributed by atoms with E-state index in [1.54, 1.807) is 25.1 Å². The number of methoxy groups -OCH3 is 1. The predicted octanol–water partition coefficient (Wildman–Crippen LogP) is 4.23. The van der Waals surface area contributed by atoms with E-state index in [0.29, 0.717) is 26.3 Å². The number of ether oxygens (including phenoxy) is 3. The first-order valence-electron chi connectivity index (χ1n) is 10.5. The molecule has 9 nitrogen and oxygen atoms in total. The number of amides is 3. The van der Waals surface area contributed by atoms with E-state index >= 15 is 0 Å². The van der Waals surface area contributed by atoms with Gasteiger partial charge in [0.15, 0.2) is 18.1 Å². The second-order valence-corrected chi connectivity index (χ2v) is 9.47. The Balaban J connectivity index is 1.72. The summed E-state index contributed by atoms with van der Waals surface area (Å²) in [5.74, 6) is -0.819. The number of imide groups is 1. The SMILES string of the molecule is CCOC(=O)CN1C(=O)S/C(=C\c2cc(I)c(OCC(=O)Nc3cccc(C)c3)c(OC)c2)C1=O. The summed E-state index contributed by atoms with van der Waals surface area (Å²) in [5.41, 5.74) is 2.28. The summed E-state index contributed by atoms with van der Waals surface area (Å²) in [6.07, 6.45) is 1.54. The molecule has 184 valence electrons. The Morgan fingerprint density at radius 2 is 1.97 bits per heavy atom. The number of nitrogens with zero attached hydrogens (tertiary/aromatic N) is 1. The zero-order valence-corrected chi connectivity index (χ0v) is 22.2. The number of rotatable bonds is 9. The number of carbonyl (C=O) groups is 4. The Bertz CT molecular complexity index is 1200. The van der Waals surface area contributed by atoms with Gasteiger partial charge < -0.3 is 19.5 Å². The van der Waals surface area contributed by atoms with Crippen LogP contribution in [0.3, 0.4) is 0 Å². The topological polar surface area (TPSA) is 111 Å². The monoisotopic (exact) mass is 610 g/mol. The Kier molecular flexibility index (Phi) is 9.15. The van der Waals surface area contributed by atoms with Crippen LogP contribution in [0.2, 0.25) is 0 Å². The highest BCUT2D eigenvalue weighted by molar-refractivity contribution is 14.1. The number of esters is 1. The van der Waals surface area contributed by atoms with Crippen molar-refractivity contribution in [2.45, 2.75) is 13.8 Å². The van der Waals surface area contributed by atoms with E-state index in [-0.39, 0.29) is 24.0 Å². The van der Waals surface area contributed by atoms with Gasteiger partial charge in [0.05, 0.1) is 22.2 Å². The first-order chi connectivity index (χ1) is 16.7. The number of aryl methyl sites for hydroxylation is 1. The first kappa shape index (κ1) is 26.5. The maximum Gasteiger partial charge on any atom is 0.326 e. The van der Waals surface area contributed by atoms with Crippen molar-refractivity contribution in [3.8, 4) is 11.5 Å². The normalized spacial score (nSPS) is 14.3. The molecule has 1 fully saturated rings. The molecule has 0 aromatic heterocycles. The summed E-state index contributed by atoms with van der Waals surface area (Å²) in [6.45, 7) is 3.07. The molecule has 1 aliphatic rings. The average Bonchev–Trinajstić information content (AvgIpc) is 3.05. The third-order valence-corrected chi connectivity index (χ3v) is 6.37. The fourth-order valence-electron chi connectivity index (χ4n) is 3.14. The van der Waals surface area contributed by atoms with Crippen LogP contribution in [0.15, 0.2) is 41.3 Å². The molecule has 1 heterocycles. The van der Waals surface area contributed by atoms with Crippen molar-refractivity contribution in [1.82, 2.24) is 4.90 Å². The molecule has 35 heavy (non-hydrogen) atoms. The molecule has 0 saturated carbocycles. The summed E-state index contributed by atoms with van der Waals surface area (Å²) in [6, 6.07) is 10.8. The van der Waals surface area contributed by atoms with E-state index < -0.39 is 23.7 Å². The second-order valence-electron chi connectivity index (χ2n) is 7.31. The lowest BCUT2D eigenvalue weighted by molar-refractivity contribution is -0.146. The van der Waals surface area contributed by atoms with Crippen molar-refractivity contribution < 1.29 is 33.4 Å². The summed E-state index contributed by atoms with van der Waals surface area (Å²) in [5, 5.41) is 2.23. The number of benzene rings is 2. The van der Waals surface area contributed by atoms with Gasteiger partial charge in [0.2, 0.25) is 0 Å². The molecule has 0 atom stereocenters. The van der Waals surface area contributed by atoms with Crippen LogP contribution in [0.5, 0.6) is 11.5 Å². The fraction of sp³-hybridized carbons (Fsp3) is 0.250. The standard InChI is InChI=1S/C24H23IN2O7S/c1-4-33-21(29)12-27-23(30)19(35-24(27)31)11-15-9-17(25)22(18(10-15)32-3)34-13-20(28)26-16-7-5-6-14(2)8-16/h5-11H,4,12-13H2,1-3H3,(H,26,28)/b19-11-. The molecule has 0 unspecified atom stereocenters. The Morgan fingerprint density at radius 3 is 2.66 bits per heavy atom. The minimum absolute atomic E-state index is 0.158. The quantitative estimate of drug-likeness (QED) is 0.255. The van der Waals surface area contributed by atoms with Crippen molar-refractivity contribution in [1.29, 1.82) is 0 Å². The van der Waals surface area contributed by atoms with Crippen LogP contribution >= 0.6 is 34.4 Å². The third-order valence-electron chi connectivity index (χ3n) is 4.67. The van der Waals surface area contributed by atoms with Crippen LogP contribution in [-0.2, 0) is 19.1 Å². The maximum absolute atomic E-state index is 12.6. The molecule has 0 spiro atoms. The van der Waals surface area contributed by atoms with Crippen LogP contribution in [0.1, 0.15) is 18.1 Å². The Labute approximate surface area is 220 Å². The van der Waals surface area contributed by atoms with Gasteiger partial charge in [-0.05, 0) is 89.7 Å². The lowest BCUT2D eigenvalue weighted by Crippen LogP contribution is -2.34. The molecule has 3 rings (SSSR count). The highest BCUT2D eigenvalue weighted by Gasteiger charge is 2.36. The molecule has 0 radical (unpaired) electrons. The number of hydrogen-bond acceptors (Lipinski definition) is 8. The van der Waals surface area contributed by atoms with Gasteiger partial charge in [-0.15, -0.1) is 0 Å². The zero-order valence-electron chi connectivity index (χ0n) is 19.3. The van der Waals surface area contributed by atoms with Gasteiger partial charge in [-0.3, -0.25) is 24.1 Å². The van der Waals surface area contributed by atoms with E-state index in [4.69, 9.17) is 14.2 Å².